The predicted molar refractivity (Wildman–Crippen MR) is 68.5 cm³/mol. The first kappa shape index (κ1) is 12.5. The Morgan fingerprint density at radius 2 is 2.35 bits per heavy atom. The van der Waals surface area contributed by atoms with Crippen LogP contribution in [0.2, 0.25) is 5.02 Å². The monoisotopic (exact) mass is 292 g/mol. The van der Waals surface area contributed by atoms with Crippen LogP contribution in [0.25, 0.3) is 5.65 Å². The fraction of sp³-hybridized carbons (Fsp3) is 0.182. The molecule has 3 rings (SSSR count). The smallest absolute Gasteiger partial charge is 0.309 e. The zero-order valence-electron chi connectivity index (χ0n) is 10.1. The summed E-state index contributed by atoms with van der Waals surface area (Å²) in [6, 6.07) is 3.36. The molecule has 3 aromatic rings. The van der Waals surface area contributed by atoms with Crippen LogP contribution in [0, 0.1) is 0 Å². The summed E-state index contributed by atoms with van der Waals surface area (Å²) in [5.74, 6) is -0.412. The molecule has 0 unspecified atom stereocenters. The SMILES string of the molecule is O=C(O)Cc1c(Cc2nnn[nH]2)nc2cc(Cl)ccn12. The number of aromatic amines is 1. The van der Waals surface area contributed by atoms with Crippen molar-refractivity contribution in [1.82, 2.24) is 30.0 Å². The van der Waals surface area contributed by atoms with E-state index in [2.05, 4.69) is 25.6 Å². The molecule has 0 aliphatic carbocycles. The normalized spacial score (nSPS) is 11.1. The minimum absolute atomic E-state index is 0.139. The van der Waals surface area contributed by atoms with Gasteiger partial charge in [0.25, 0.3) is 0 Å². The molecule has 0 saturated carbocycles. The number of hydrogen-bond acceptors (Lipinski definition) is 5. The number of imidazole rings is 1. The second-order valence-electron chi connectivity index (χ2n) is 4.17. The number of fused-ring (bicyclic) bond motifs is 1. The van der Waals surface area contributed by atoms with Crippen LogP contribution in [-0.2, 0) is 17.6 Å². The van der Waals surface area contributed by atoms with Gasteiger partial charge in [-0.2, -0.15) is 0 Å². The standard InChI is InChI=1S/C11H9ClN6O2/c12-6-1-2-18-8(5-11(19)20)7(13-10(18)3-6)4-9-14-16-17-15-9/h1-3H,4-5H2,(H,19,20)(H,14,15,16,17). The van der Waals surface area contributed by atoms with Gasteiger partial charge in [0, 0.05) is 17.3 Å². The molecule has 2 N–H and O–H groups in total. The molecule has 0 atom stereocenters. The summed E-state index contributed by atoms with van der Waals surface area (Å²) in [5.41, 5.74) is 1.78. The Bertz CT molecular complexity index is 767. The maximum absolute atomic E-state index is 11.0. The molecule has 0 aromatic carbocycles. The van der Waals surface area contributed by atoms with Crippen LogP contribution in [0.15, 0.2) is 18.3 Å². The van der Waals surface area contributed by atoms with E-state index in [1.165, 1.54) is 0 Å². The van der Waals surface area contributed by atoms with Crippen LogP contribution in [0.5, 0.6) is 0 Å². The second kappa shape index (κ2) is 4.89. The van der Waals surface area contributed by atoms with Gasteiger partial charge in [-0.25, -0.2) is 10.1 Å². The van der Waals surface area contributed by atoms with Crippen LogP contribution in [0.1, 0.15) is 17.2 Å². The van der Waals surface area contributed by atoms with E-state index in [0.717, 1.165) is 0 Å². The van der Waals surface area contributed by atoms with Gasteiger partial charge < -0.3 is 9.51 Å². The van der Waals surface area contributed by atoms with Crippen molar-refractivity contribution in [3.63, 3.8) is 0 Å². The summed E-state index contributed by atoms with van der Waals surface area (Å²) in [7, 11) is 0. The highest BCUT2D eigenvalue weighted by atomic mass is 35.5. The first-order valence-electron chi connectivity index (χ1n) is 5.73. The van der Waals surface area contributed by atoms with E-state index in [9.17, 15) is 4.79 Å². The maximum Gasteiger partial charge on any atom is 0.309 e. The highest BCUT2D eigenvalue weighted by Crippen LogP contribution is 2.19. The van der Waals surface area contributed by atoms with Crippen LogP contribution in [-0.4, -0.2) is 41.1 Å². The first-order chi connectivity index (χ1) is 9.63. The van der Waals surface area contributed by atoms with Crippen LogP contribution < -0.4 is 0 Å². The van der Waals surface area contributed by atoms with Crippen LogP contribution >= 0.6 is 11.6 Å². The molecule has 8 nitrogen and oxygen atoms in total. The predicted octanol–water partition coefficient (Wildman–Crippen LogP) is 0.719. The van der Waals surface area contributed by atoms with Gasteiger partial charge >= 0.3 is 5.97 Å². The number of nitrogens with one attached hydrogen (secondary N) is 1. The third kappa shape index (κ3) is 2.32. The number of carboxylic acids is 1. The molecule has 20 heavy (non-hydrogen) atoms. The molecule has 0 amide bonds. The van der Waals surface area contributed by atoms with Crippen LogP contribution in [0.3, 0.4) is 0 Å². The van der Waals surface area contributed by atoms with Gasteiger partial charge in [-0.15, -0.1) is 5.10 Å². The lowest BCUT2D eigenvalue weighted by Gasteiger charge is -2.01. The quantitative estimate of drug-likeness (QED) is 0.733. The molecule has 0 bridgehead atoms. The molecule has 0 saturated heterocycles. The Hall–Kier alpha value is -2.48. The van der Waals surface area contributed by atoms with Gasteiger partial charge in [0.15, 0.2) is 5.82 Å². The van der Waals surface area contributed by atoms with E-state index in [1.54, 1.807) is 22.7 Å². The van der Waals surface area contributed by atoms with Gasteiger partial charge in [0.2, 0.25) is 0 Å². The van der Waals surface area contributed by atoms with E-state index in [0.29, 0.717) is 34.3 Å². The van der Waals surface area contributed by atoms with Gasteiger partial charge in [-0.1, -0.05) is 11.6 Å². The second-order valence-corrected chi connectivity index (χ2v) is 4.61. The minimum Gasteiger partial charge on any atom is -0.481 e. The number of tetrazole rings is 1. The average molecular weight is 293 g/mol. The third-order valence-corrected chi connectivity index (χ3v) is 3.05. The Balaban J connectivity index is 2.10. The molecule has 0 aliphatic heterocycles. The number of aliphatic carboxylic acids is 1. The molecular formula is C11H9ClN6O2. The molecule has 3 aromatic heterocycles. The van der Waals surface area contributed by atoms with Crippen molar-refractivity contribution in [2.75, 3.05) is 0 Å². The zero-order chi connectivity index (χ0) is 14.1. The molecule has 102 valence electrons. The van der Waals surface area contributed by atoms with Crippen LogP contribution in [0.4, 0.5) is 0 Å². The van der Waals surface area contributed by atoms with Crippen molar-refractivity contribution in [2.45, 2.75) is 12.8 Å². The number of hydrogen-bond donors (Lipinski definition) is 2. The van der Waals surface area contributed by atoms with E-state index in [1.807, 2.05) is 0 Å². The number of H-pyrrole nitrogens is 1. The van der Waals surface area contributed by atoms with Gasteiger partial charge in [-0.3, -0.25) is 4.79 Å². The highest BCUT2D eigenvalue weighted by molar-refractivity contribution is 6.30. The lowest BCUT2D eigenvalue weighted by Crippen LogP contribution is -2.06. The largest absolute Gasteiger partial charge is 0.481 e. The van der Waals surface area contributed by atoms with Gasteiger partial charge in [0.05, 0.1) is 24.2 Å². The minimum atomic E-state index is -0.932. The first-order valence-corrected chi connectivity index (χ1v) is 6.11. The molecular weight excluding hydrogens is 284 g/mol. The molecule has 0 aliphatic rings. The van der Waals surface area contributed by atoms with E-state index >= 15 is 0 Å². The lowest BCUT2D eigenvalue weighted by molar-refractivity contribution is -0.136. The molecule has 0 spiro atoms. The van der Waals surface area contributed by atoms with Crippen molar-refractivity contribution in [3.8, 4) is 0 Å². The topological polar surface area (TPSA) is 109 Å². The number of halogens is 1. The number of pyridine rings is 1. The fourth-order valence-corrected chi connectivity index (χ4v) is 2.16. The Morgan fingerprint density at radius 3 is 3.05 bits per heavy atom. The Kier molecular flexibility index (Phi) is 3.07. The summed E-state index contributed by atoms with van der Waals surface area (Å²) in [6.07, 6.45) is 1.89. The summed E-state index contributed by atoms with van der Waals surface area (Å²) in [4.78, 5) is 15.4. The lowest BCUT2D eigenvalue weighted by atomic mass is 10.2. The van der Waals surface area contributed by atoms with Gasteiger partial charge in [0.1, 0.15) is 5.65 Å². The number of nitrogens with zero attached hydrogens (tertiary/aromatic N) is 5. The number of rotatable bonds is 4. The Labute approximate surface area is 117 Å². The summed E-state index contributed by atoms with van der Waals surface area (Å²) >= 11 is 5.92. The molecule has 0 radical (unpaired) electrons. The summed E-state index contributed by atoms with van der Waals surface area (Å²) in [6.45, 7) is 0. The fourth-order valence-electron chi connectivity index (χ4n) is 2.00. The average Bonchev–Trinajstić information content (AvgIpc) is 2.98. The molecule has 3 heterocycles. The number of carbonyl (C=O) groups is 1. The van der Waals surface area contributed by atoms with Crippen molar-refractivity contribution >= 4 is 23.2 Å². The van der Waals surface area contributed by atoms with Crippen molar-refractivity contribution in [2.24, 2.45) is 0 Å². The highest BCUT2D eigenvalue weighted by Gasteiger charge is 2.16. The zero-order valence-corrected chi connectivity index (χ0v) is 10.9. The molecule has 9 heteroatoms. The van der Waals surface area contributed by atoms with Crippen molar-refractivity contribution in [1.29, 1.82) is 0 Å². The van der Waals surface area contributed by atoms with Gasteiger partial charge in [-0.05, 0) is 16.5 Å². The number of aromatic nitrogens is 6. The molecule has 0 fully saturated rings. The summed E-state index contributed by atoms with van der Waals surface area (Å²) in [5, 5.41) is 22.9. The van der Waals surface area contributed by atoms with Crippen molar-refractivity contribution < 1.29 is 9.90 Å². The van der Waals surface area contributed by atoms with E-state index < -0.39 is 5.97 Å². The summed E-state index contributed by atoms with van der Waals surface area (Å²) < 4.78 is 1.71. The Morgan fingerprint density at radius 1 is 1.50 bits per heavy atom. The third-order valence-electron chi connectivity index (χ3n) is 2.81. The van der Waals surface area contributed by atoms with E-state index in [-0.39, 0.29) is 6.42 Å². The maximum atomic E-state index is 11.0. The van der Waals surface area contributed by atoms with E-state index in [4.69, 9.17) is 16.7 Å². The van der Waals surface area contributed by atoms with Crippen molar-refractivity contribution in [3.05, 3.63) is 40.6 Å². The number of carboxylic acid groups (broad SMARTS) is 1.